The predicted octanol–water partition coefficient (Wildman–Crippen LogP) is 2.55. The van der Waals surface area contributed by atoms with E-state index in [1.165, 1.54) is 0 Å². The summed E-state index contributed by atoms with van der Waals surface area (Å²) in [7, 11) is 1.30. The average Bonchev–Trinajstić information content (AvgIpc) is 2.63. The number of fused-ring (bicyclic) bond motifs is 1. The van der Waals surface area contributed by atoms with Gasteiger partial charge in [0.1, 0.15) is 0 Å². The summed E-state index contributed by atoms with van der Waals surface area (Å²) in [6.45, 7) is 8.08. The van der Waals surface area contributed by atoms with Gasteiger partial charge < -0.3 is 14.2 Å². The van der Waals surface area contributed by atoms with Gasteiger partial charge in [-0.1, -0.05) is 17.7 Å². The zero-order valence-electron chi connectivity index (χ0n) is 13.7. The van der Waals surface area contributed by atoms with Crippen molar-refractivity contribution < 1.29 is 14.1 Å². The van der Waals surface area contributed by atoms with Crippen LogP contribution in [0, 0.1) is 0 Å². The van der Waals surface area contributed by atoms with Gasteiger partial charge in [0.2, 0.25) is 5.91 Å². The third-order valence-electron chi connectivity index (χ3n) is 5.08. The molecule has 3 rings (SSSR count). The van der Waals surface area contributed by atoms with Crippen molar-refractivity contribution in [2.75, 3.05) is 11.9 Å². The molecule has 1 aromatic carbocycles. The first-order chi connectivity index (χ1) is 10.1. The third-order valence-corrected chi connectivity index (χ3v) is 5.53. The van der Waals surface area contributed by atoms with Crippen molar-refractivity contribution in [3.8, 4) is 0 Å². The molecular weight excluding hydrogens is 300 g/mol. The lowest BCUT2D eigenvalue weighted by atomic mass is 9.77. The molecule has 2 aliphatic heterocycles. The first-order valence-electron chi connectivity index (χ1n) is 7.57. The summed E-state index contributed by atoms with van der Waals surface area (Å²) in [5.41, 5.74) is 1.91. The lowest BCUT2D eigenvalue weighted by molar-refractivity contribution is -0.118. The summed E-state index contributed by atoms with van der Waals surface area (Å²) in [5, 5.41) is 0.648. The molecule has 0 aromatic heterocycles. The van der Waals surface area contributed by atoms with Gasteiger partial charge in [-0.15, -0.1) is 0 Å². The molecule has 1 saturated heterocycles. The number of amides is 1. The number of nitrogens with zero attached hydrogens (tertiary/aromatic N) is 1. The van der Waals surface area contributed by atoms with Gasteiger partial charge in [-0.3, -0.25) is 4.79 Å². The number of rotatable bonds is 1. The van der Waals surface area contributed by atoms with E-state index in [9.17, 15) is 4.79 Å². The molecule has 4 nitrogen and oxygen atoms in total. The van der Waals surface area contributed by atoms with E-state index in [1.54, 1.807) is 11.9 Å². The van der Waals surface area contributed by atoms with Gasteiger partial charge in [-0.2, -0.15) is 0 Å². The highest BCUT2D eigenvalue weighted by Gasteiger charge is 2.52. The Morgan fingerprint density at radius 3 is 2.32 bits per heavy atom. The molecule has 0 unspecified atom stereocenters. The van der Waals surface area contributed by atoms with Gasteiger partial charge in [-0.25, -0.2) is 0 Å². The summed E-state index contributed by atoms with van der Waals surface area (Å²) < 4.78 is 12.2. The van der Waals surface area contributed by atoms with Crippen molar-refractivity contribution in [1.29, 1.82) is 0 Å². The third kappa shape index (κ3) is 2.27. The molecule has 1 fully saturated rings. The molecule has 0 atom stereocenters. The molecule has 118 valence electrons. The minimum absolute atomic E-state index is 0.118. The van der Waals surface area contributed by atoms with Crippen LogP contribution < -0.4 is 10.4 Å². The van der Waals surface area contributed by atoms with Gasteiger partial charge in [0, 0.05) is 29.6 Å². The van der Waals surface area contributed by atoms with Gasteiger partial charge in [-0.05, 0) is 45.7 Å². The molecule has 0 N–H and O–H groups in total. The van der Waals surface area contributed by atoms with E-state index in [0.717, 1.165) is 16.7 Å². The van der Waals surface area contributed by atoms with Crippen molar-refractivity contribution >= 4 is 35.8 Å². The van der Waals surface area contributed by atoms with E-state index in [-0.39, 0.29) is 5.91 Å². The van der Waals surface area contributed by atoms with Crippen LogP contribution in [0.25, 0.3) is 0 Å². The van der Waals surface area contributed by atoms with Gasteiger partial charge in [0.05, 0.1) is 11.2 Å². The Kier molecular flexibility index (Phi) is 3.59. The molecule has 2 heterocycles. The van der Waals surface area contributed by atoms with E-state index in [0.29, 0.717) is 17.9 Å². The molecule has 1 aromatic rings. The first kappa shape index (κ1) is 15.8. The molecule has 1 amide bonds. The van der Waals surface area contributed by atoms with Crippen molar-refractivity contribution in [1.82, 2.24) is 0 Å². The van der Waals surface area contributed by atoms with E-state index < -0.39 is 18.3 Å². The summed E-state index contributed by atoms with van der Waals surface area (Å²) >= 11 is 6.61. The molecule has 2 aliphatic rings. The van der Waals surface area contributed by atoms with Crippen LogP contribution in [0.2, 0.25) is 5.02 Å². The fourth-order valence-electron chi connectivity index (χ4n) is 2.87. The van der Waals surface area contributed by atoms with E-state index >= 15 is 0 Å². The molecule has 0 bridgehead atoms. The van der Waals surface area contributed by atoms with E-state index in [4.69, 9.17) is 20.9 Å². The maximum atomic E-state index is 11.8. The van der Waals surface area contributed by atoms with Crippen LogP contribution in [-0.2, 0) is 20.5 Å². The first-order valence-corrected chi connectivity index (χ1v) is 7.95. The summed E-state index contributed by atoms with van der Waals surface area (Å²) in [4.78, 5) is 13.5. The highest BCUT2D eigenvalue weighted by molar-refractivity contribution is 6.66. The fourth-order valence-corrected chi connectivity index (χ4v) is 3.21. The van der Waals surface area contributed by atoms with Crippen LogP contribution in [0.4, 0.5) is 5.69 Å². The Hall–Kier alpha value is -1.04. The standard InChI is InChI=1S/C16H21BClNO3/c1-15(2)16(3,4)22-17(21-15)11-7-8-12-10(14(11)18)6-9-13(20)19(12)5/h7-8H,6,9H2,1-5H3. The Balaban J connectivity index is 2.00. The minimum atomic E-state index is -0.481. The Morgan fingerprint density at radius 2 is 1.73 bits per heavy atom. The molecule has 0 aliphatic carbocycles. The Labute approximate surface area is 136 Å². The number of halogens is 1. The van der Waals surface area contributed by atoms with E-state index in [1.807, 2.05) is 39.8 Å². The average molecular weight is 322 g/mol. The molecular formula is C16H21BClNO3. The van der Waals surface area contributed by atoms with Crippen molar-refractivity contribution in [2.24, 2.45) is 0 Å². The number of anilines is 1. The Bertz CT molecular complexity index is 629. The largest absolute Gasteiger partial charge is 0.496 e. The second kappa shape index (κ2) is 4.98. The quantitative estimate of drug-likeness (QED) is 0.746. The van der Waals surface area contributed by atoms with Gasteiger partial charge in [0.25, 0.3) is 0 Å². The van der Waals surface area contributed by atoms with Crippen LogP contribution in [0.15, 0.2) is 12.1 Å². The minimum Gasteiger partial charge on any atom is -0.399 e. The summed E-state index contributed by atoms with van der Waals surface area (Å²) in [5.74, 6) is 0.118. The van der Waals surface area contributed by atoms with Crippen molar-refractivity contribution in [3.05, 3.63) is 22.7 Å². The van der Waals surface area contributed by atoms with Gasteiger partial charge >= 0.3 is 7.12 Å². The number of hydrogen-bond acceptors (Lipinski definition) is 3. The normalized spacial score (nSPS) is 22.9. The van der Waals surface area contributed by atoms with Crippen molar-refractivity contribution in [3.63, 3.8) is 0 Å². The number of benzene rings is 1. The number of carbonyl (C=O) groups excluding carboxylic acids is 1. The smallest absolute Gasteiger partial charge is 0.399 e. The topological polar surface area (TPSA) is 38.8 Å². The molecule has 0 radical (unpaired) electrons. The molecule has 22 heavy (non-hydrogen) atoms. The molecule has 0 saturated carbocycles. The predicted molar refractivity (Wildman–Crippen MR) is 88.9 cm³/mol. The van der Waals surface area contributed by atoms with Crippen LogP contribution >= 0.6 is 11.6 Å². The summed E-state index contributed by atoms with van der Waals surface area (Å²) in [6.07, 6.45) is 1.14. The lowest BCUT2D eigenvalue weighted by Gasteiger charge is -2.32. The number of carbonyl (C=O) groups is 1. The van der Waals surface area contributed by atoms with Crippen LogP contribution in [-0.4, -0.2) is 31.3 Å². The van der Waals surface area contributed by atoms with Gasteiger partial charge in [0.15, 0.2) is 0 Å². The second-order valence-corrected chi connectivity index (χ2v) is 7.39. The van der Waals surface area contributed by atoms with Crippen LogP contribution in [0.1, 0.15) is 39.7 Å². The maximum absolute atomic E-state index is 11.8. The van der Waals surface area contributed by atoms with E-state index in [2.05, 4.69) is 0 Å². The summed E-state index contributed by atoms with van der Waals surface area (Å²) in [6, 6.07) is 3.83. The molecule has 6 heteroatoms. The van der Waals surface area contributed by atoms with Crippen LogP contribution in [0.3, 0.4) is 0 Å². The SMILES string of the molecule is CN1C(=O)CCc2c1ccc(B1OC(C)(C)C(C)(C)O1)c2Cl. The zero-order chi connectivity index (χ0) is 16.3. The highest BCUT2D eigenvalue weighted by Crippen LogP contribution is 2.38. The van der Waals surface area contributed by atoms with Crippen LogP contribution in [0.5, 0.6) is 0 Å². The maximum Gasteiger partial charge on any atom is 0.496 e. The monoisotopic (exact) mass is 321 g/mol. The fraction of sp³-hybridized carbons (Fsp3) is 0.562. The highest BCUT2D eigenvalue weighted by atomic mass is 35.5. The number of hydrogen-bond donors (Lipinski definition) is 0. The van der Waals surface area contributed by atoms with Crippen molar-refractivity contribution in [2.45, 2.75) is 51.7 Å². The molecule has 0 spiro atoms. The lowest BCUT2D eigenvalue weighted by Crippen LogP contribution is -2.41. The second-order valence-electron chi connectivity index (χ2n) is 7.01. The Morgan fingerprint density at radius 1 is 1.14 bits per heavy atom. The zero-order valence-corrected chi connectivity index (χ0v) is 14.5.